The first kappa shape index (κ1) is 14.7. The Balaban J connectivity index is 1.94. The second-order valence-electron chi connectivity index (χ2n) is 5.15. The molecular formula is C14H16BrN3O2S. The normalized spacial score (nSPS) is 19.6. The maximum Gasteiger partial charge on any atom is 0.236 e. The molecule has 3 rings (SSSR count). The predicted molar refractivity (Wildman–Crippen MR) is 87.9 cm³/mol. The zero-order valence-electron chi connectivity index (χ0n) is 11.3. The van der Waals surface area contributed by atoms with Crippen molar-refractivity contribution in [1.29, 1.82) is 0 Å². The van der Waals surface area contributed by atoms with Crippen LogP contribution in [-0.4, -0.2) is 31.7 Å². The Hall–Kier alpha value is -1.18. The van der Waals surface area contributed by atoms with E-state index in [1.165, 1.54) is 0 Å². The fraction of sp³-hybridized carbons (Fsp3) is 0.357. The van der Waals surface area contributed by atoms with E-state index in [2.05, 4.69) is 31.0 Å². The van der Waals surface area contributed by atoms with Crippen LogP contribution in [0.2, 0.25) is 0 Å². The van der Waals surface area contributed by atoms with E-state index >= 15 is 0 Å². The number of benzene rings is 1. The maximum absolute atomic E-state index is 12.5. The van der Waals surface area contributed by atoms with Gasteiger partial charge in [0.25, 0.3) is 0 Å². The molecule has 1 unspecified atom stereocenters. The summed E-state index contributed by atoms with van der Waals surface area (Å²) >= 11 is 3.37. The zero-order chi connectivity index (χ0) is 14.9. The molecular weight excluding hydrogens is 354 g/mol. The standard InChI is InChI=1S/C14H16BrN3O2S/c15-11-7-10-3-1-5-13(14(10)17-8-11)18-21(19,20)12-4-2-6-16-9-12/h1,3,5,7-8,12,16,18H,2,4,6,9H2. The molecule has 2 N–H and O–H groups in total. The molecule has 0 bridgehead atoms. The van der Waals surface area contributed by atoms with Gasteiger partial charge in [-0.15, -0.1) is 0 Å². The van der Waals surface area contributed by atoms with E-state index in [9.17, 15) is 8.42 Å². The van der Waals surface area contributed by atoms with Gasteiger partial charge in [-0.3, -0.25) is 9.71 Å². The predicted octanol–water partition coefficient (Wildman–Crippen LogP) is 2.49. The lowest BCUT2D eigenvalue weighted by atomic mass is 10.2. The summed E-state index contributed by atoms with van der Waals surface area (Å²) in [6, 6.07) is 7.40. The number of nitrogens with one attached hydrogen (secondary N) is 2. The molecule has 0 saturated carbocycles. The van der Waals surface area contributed by atoms with Crippen LogP contribution < -0.4 is 10.0 Å². The summed E-state index contributed by atoms with van der Waals surface area (Å²) in [5.74, 6) is 0. The number of halogens is 1. The number of hydrogen-bond acceptors (Lipinski definition) is 4. The lowest BCUT2D eigenvalue weighted by Gasteiger charge is -2.23. The van der Waals surface area contributed by atoms with E-state index in [-0.39, 0.29) is 0 Å². The van der Waals surface area contributed by atoms with Crippen molar-refractivity contribution in [2.24, 2.45) is 0 Å². The summed E-state index contributed by atoms with van der Waals surface area (Å²) in [5, 5.41) is 3.63. The SMILES string of the molecule is O=S(=O)(Nc1cccc2cc(Br)cnc12)C1CCCNC1. The molecule has 1 aliphatic heterocycles. The van der Waals surface area contributed by atoms with Gasteiger partial charge in [0.2, 0.25) is 10.0 Å². The molecule has 1 atom stereocenters. The van der Waals surface area contributed by atoms with E-state index in [1.807, 2.05) is 18.2 Å². The first-order chi connectivity index (χ1) is 10.1. The van der Waals surface area contributed by atoms with Crippen LogP contribution in [0.1, 0.15) is 12.8 Å². The Labute approximate surface area is 132 Å². The molecule has 112 valence electrons. The number of pyridine rings is 1. The highest BCUT2D eigenvalue weighted by Gasteiger charge is 2.27. The lowest BCUT2D eigenvalue weighted by Crippen LogP contribution is -2.41. The second-order valence-corrected chi connectivity index (χ2v) is 8.02. The van der Waals surface area contributed by atoms with E-state index in [1.54, 1.807) is 12.3 Å². The number of sulfonamides is 1. The van der Waals surface area contributed by atoms with Gasteiger partial charge in [-0.05, 0) is 47.4 Å². The van der Waals surface area contributed by atoms with Gasteiger partial charge in [-0.25, -0.2) is 8.42 Å². The number of hydrogen-bond donors (Lipinski definition) is 2. The number of anilines is 1. The number of fused-ring (bicyclic) bond motifs is 1. The van der Waals surface area contributed by atoms with Gasteiger partial charge in [0, 0.05) is 22.6 Å². The molecule has 1 fully saturated rings. The first-order valence-corrected chi connectivity index (χ1v) is 9.17. The molecule has 1 aliphatic rings. The molecule has 1 saturated heterocycles. The number of rotatable bonds is 3. The van der Waals surface area contributed by atoms with Crippen LogP contribution in [0.15, 0.2) is 34.9 Å². The summed E-state index contributed by atoms with van der Waals surface area (Å²) in [5.41, 5.74) is 1.19. The zero-order valence-corrected chi connectivity index (χ0v) is 13.7. The Bertz CT molecular complexity index is 758. The summed E-state index contributed by atoms with van der Waals surface area (Å²) in [6.45, 7) is 1.38. The third-order valence-corrected chi connectivity index (χ3v) is 5.84. The van der Waals surface area contributed by atoms with Crippen LogP contribution in [0, 0.1) is 0 Å². The minimum absolute atomic E-state index is 0.392. The molecule has 1 aromatic carbocycles. The average Bonchev–Trinajstić information content (AvgIpc) is 2.48. The van der Waals surface area contributed by atoms with Crippen LogP contribution in [-0.2, 0) is 10.0 Å². The summed E-state index contributed by atoms with van der Waals surface area (Å²) in [4.78, 5) is 4.32. The molecule has 0 radical (unpaired) electrons. The third kappa shape index (κ3) is 3.20. The molecule has 0 spiro atoms. The van der Waals surface area contributed by atoms with Gasteiger partial charge >= 0.3 is 0 Å². The summed E-state index contributed by atoms with van der Waals surface area (Å²) < 4.78 is 28.5. The van der Waals surface area contributed by atoms with Crippen LogP contribution in [0.5, 0.6) is 0 Å². The molecule has 0 amide bonds. The second kappa shape index (κ2) is 5.90. The molecule has 21 heavy (non-hydrogen) atoms. The Kier molecular flexibility index (Phi) is 4.14. The maximum atomic E-state index is 12.5. The molecule has 7 heteroatoms. The molecule has 1 aromatic heterocycles. The van der Waals surface area contributed by atoms with Gasteiger partial charge in [-0.1, -0.05) is 12.1 Å². The monoisotopic (exact) mass is 369 g/mol. The summed E-state index contributed by atoms with van der Waals surface area (Å²) in [7, 11) is -3.40. The minimum atomic E-state index is -3.40. The average molecular weight is 370 g/mol. The van der Waals surface area contributed by atoms with Crippen molar-refractivity contribution in [3.8, 4) is 0 Å². The van der Waals surface area contributed by atoms with Crippen molar-refractivity contribution < 1.29 is 8.42 Å². The third-order valence-electron chi connectivity index (χ3n) is 3.62. The highest BCUT2D eigenvalue weighted by Crippen LogP contribution is 2.26. The lowest BCUT2D eigenvalue weighted by molar-refractivity contribution is 0.499. The van der Waals surface area contributed by atoms with Gasteiger partial charge in [0.15, 0.2) is 0 Å². The molecule has 0 aliphatic carbocycles. The quantitative estimate of drug-likeness (QED) is 0.871. The Morgan fingerprint density at radius 1 is 1.38 bits per heavy atom. The highest BCUT2D eigenvalue weighted by molar-refractivity contribution is 9.10. The minimum Gasteiger partial charge on any atom is -0.315 e. The summed E-state index contributed by atoms with van der Waals surface area (Å²) in [6.07, 6.45) is 3.24. The number of para-hydroxylation sites is 1. The fourth-order valence-corrected chi connectivity index (χ4v) is 4.34. The molecule has 2 aromatic rings. The Morgan fingerprint density at radius 3 is 3.00 bits per heavy atom. The first-order valence-electron chi connectivity index (χ1n) is 6.83. The van der Waals surface area contributed by atoms with Gasteiger partial charge in [0.05, 0.1) is 16.5 Å². The molecule has 2 heterocycles. The van der Waals surface area contributed by atoms with E-state index in [0.717, 1.165) is 22.8 Å². The topological polar surface area (TPSA) is 71.1 Å². The van der Waals surface area contributed by atoms with Crippen LogP contribution in [0.25, 0.3) is 10.9 Å². The van der Waals surface area contributed by atoms with E-state index < -0.39 is 15.3 Å². The van der Waals surface area contributed by atoms with Crippen LogP contribution in [0.4, 0.5) is 5.69 Å². The highest BCUT2D eigenvalue weighted by atomic mass is 79.9. The molecule has 5 nitrogen and oxygen atoms in total. The van der Waals surface area contributed by atoms with Crippen molar-refractivity contribution in [3.05, 3.63) is 34.9 Å². The van der Waals surface area contributed by atoms with Crippen molar-refractivity contribution >= 4 is 42.5 Å². The van der Waals surface area contributed by atoms with Crippen LogP contribution in [0.3, 0.4) is 0 Å². The van der Waals surface area contributed by atoms with Gasteiger partial charge in [-0.2, -0.15) is 0 Å². The smallest absolute Gasteiger partial charge is 0.236 e. The van der Waals surface area contributed by atoms with Gasteiger partial charge < -0.3 is 5.32 Å². The van der Waals surface area contributed by atoms with Crippen LogP contribution >= 0.6 is 15.9 Å². The van der Waals surface area contributed by atoms with Crippen molar-refractivity contribution in [1.82, 2.24) is 10.3 Å². The van der Waals surface area contributed by atoms with Gasteiger partial charge in [0.1, 0.15) is 0 Å². The number of aromatic nitrogens is 1. The van der Waals surface area contributed by atoms with E-state index in [0.29, 0.717) is 24.2 Å². The number of piperidine rings is 1. The largest absolute Gasteiger partial charge is 0.315 e. The van der Waals surface area contributed by atoms with E-state index in [4.69, 9.17) is 0 Å². The van der Waals surface area contributed by atoms with Crippen molar-refractivity contribution in [2.45, 2.75) is 18.1 Å². The van der Waals surface area contributed by atoms with Crippen molar-refractivity contribution in [2.75, 3.05) is 17.8 Å². The fourth-order valence-electron chi connectivity index (χ4n) is 2.54. The number of nitrogens with zero attached hydrogens (tertiary/aromatic N) is 1. The Morgan fingerprint density at radius 2 is 2.24 bits per heavy atom. The van der Waals surface area contributed by atoms with Crippen molar-refractivity contribution in [3.63, 3.8) is 0 Å².